The molecule has 0 unspecified atom stereocenters. The van der Waals surface area contributed by atoms with Gasteiger partial charge in [0.15, 0.2) is 0 Å². The van der Waals surface area contributed by atoms with Crippen LogP contribution >= 0.6 is 11.6 Å². The maximum Gasteiger partial charge on any atom is 0.451 e. The second-order valence-electron chi connectivity index (χ2n) is 5.84. The van der Waals surface area contributed by atoms with Gasteiger partial charge in [0.25, 0.3) is 0 Å². The minimum atomic E-state index is -4.76. The van der Waals surface area contributed by atoms with Gasteiger partial charge in [-0.3, -0.25) is 0 Å². The summed E-state index contributed by atoms with van der Waals surface area (Å²) >= 11 is 5.75. The molecule has 0 aliphatic carbocycles. The highest BCUT2D eigenvalue weighted by atomic mass is 35.5. The van der Waals surface area contributed by atoms with Gasteiger partial charge in [0.1, 0.15) is 11.6 Å². The first-order valence-corrected chi connectivity index (χ1v) is 8.48. The number of benzene rings is 2. The summed E-state index contributed by atoms with van der Waals surface area (Å²) in [4.78, 5) is 15.1. The molecule has 0 aliphatic heterocycles. The van der Waals surface area contributed by atoms with Gasteiger partial charge in [-0.25, -0.2) is 24.3 Å². The van der Waals surface area contributed by atoms with Crippen LogP contribution in [0.1, 0.15) is 5.82 Å². The van der Waals surface area contributed by atoms with Crippen LogP contribution in [-0.2, 0) is 6.18 Å². The third-order valence-corrected chi connectivity index (χ3v) is 4.05. The van der Waals surface area contributed by atoms with Crippen molar-refractivity contribution in [3.8, 4) is 23.0 Å². The molecular weight excluding hydrogens is 412 g/mol. The molecule has 2 heterocycles. The molecule has 0 saturated carbocycles. The molecule has 2 aromatic carbocycles. The molecule has 5 nitrogen and oxygen atoms in total. The second kappa shape index (κ2) is 7.25. The number of aromatic nitrogens is 4. The van der Waals surface area contributed by atoms with E-state index in [2.05, 4.69) is 19.9 Å². The number of fused-ring (bicyclic) bond motifs is 1. The molecule has 0 atom stereocenters. The highest BCUT2D eigenvalue weighted by Gasteiger charge is 2.36. The maximum atomic E-state index is 13.3. The number of hydrogen-bond donors (Lipinski definition) is 0. The van der Waals surface area contributed by atoms with Gasteiger partial charge in [0.2, 0.25) is 5.82 Å². The van der Waals surface area contributed by atoms with Gasteiger partial charge in [-0.1, -0.05) is 17.7 Å². The molecule has 10 heteroatoms. The molecule has 0 spiro atoms. The lowest BCUT2D eigenvalue weighted by Crippen LogP contribution is -2.12. The molecule has 4 aromatic rings. The Hall–Kier alpha value is -3.33. The Bertz CT molecular complexity index is 1180. The number of ether oxygens (including phenoxy) is 1. The molecular formula is C19H9ClF4N4O. The van der Waals surface area contributed by atoms with Crippen molar-refractivity contribution in [1.29, 1.82) is 0 Å². The Balaban J connectivity index is 1.95. The zero-order valence-electron chi connectivity index (χ0n) is 14.3. The molecule has 146 valence electrons. The molecule has 0 aliphatic rings. The minimum absolute atomic E-state index is 0.00175. The quantitative estimate of drug-likeness (QED) is 0.398. The summed E-state index contributed by atoms with van der Waals surface area (Å²) in [5.41, 5.74) is 0.197. The Morgan fingerprint density at radius 2 is 1.59 bits per heavy atom. The van der Waals surface area contributed by atoms with Crippen molar-refractivity contribution in [2.75, 3.05) is 0 Å². The third-order valence-electron chi connectivity index (χ3n) is 3.85. The molecule has 0 radical (unpaired) electrons. The molecule has 0 N–H and O–H groups in total. The van der Waals surface area contributed by atoms with Crippen LogP contribution in [0.2, 0.25) is 5.02 Å². The lowest BCUT2D eigenvalue weighted by Gasteiger charge is -2.14. The summed E-state index contributed by atoms with van der Waals surface area (Å²) in [6, 6.07) is 9.24. The van der Waals surface area contributed by atoms with Crippen LogP contribution < -0.4 is 4.74 Å². The van der Waals surface area contributed by atoms with Crippen molar-refractivity contribution in [2.45, 2.75) is 6.18 Å². The fourth-order valence-corrected chi connectivity index (χ4v) is 2.73. The van der Waals surface area contributed by atoms with E-state index in [1.54, 1.807) is 0 Å². The van der Waals surface area contributed by atoms with Crippen LogP contribution in [0.5, 0.6) is 11.8 Å². The zero-order chi connectivity index (χ0) is 20.6. The lowest BCUT2D eigenvalue weighted by molar-refractivity contribution is -0.144. The summed E-state index contributed by atoms with van der Waals surface area (Å²) in [7, 11) is 0. The van der Waals surface area contributed by atoms with Crippen LogP contribution in [0.4, 0.5) is 17.6 Å². The van der Waals surface area contributed by atoms with Crippen molar-refractivity contribution in [3.05, 3.63) is 71.5 Å². The van der Waals surface area contributed by atoms with E-state index in [0.717, 1.165) is 12.1 Å². The average Bonchev–Trinajstić information content (AvgIpc) is 2.69. The van der Waals surface area contributed by atoms with Crippen molar-refractivity contribution in [3.63, 3.8) is 0 Å². The van der Waals surface area contributed by atoms with E-state index in [4.69, 9.17) is 16.3 Å². The van der Waals surface area contributed by atoms with Gasteiger partial charge in [0, 0.05) is 5.56 Å². The average molecular weight is 421 g/mol. The predicted octanol–water partition coefficient (Wildman–Crippen LogP) is 5.69. The van der Waals surface area contributed by atoms with Gasteiger partial charge >= 0.3 is 12.2 Å². The third kappa shape index (κ3) is 3.95. The van der Waals surface area contributed by atoms with Crippen molar-refractivity contribution >= 4 is 22.5 Å². The molecule has 0 saturated heterocycles. The summed E-state index contributed by atoms with van der Waals surface area (Å²) < 4.78 is 58.9. The van der Waals surface area contributed by atoms with Gasteiger partial charge < -0.3 is 4.74 Å². The largest absolute Gasteiger partial charge is 0.451 e. The molecule has 0 bridgehead atoms. The number of alkyl halides is 3. The van der Waals surface area contributed by atoms with Crippen LogP contribution in [-0.4, -0.2) is 19.9 Å². The Morgan fingerprint density at radius 3 is 2.24 bits per heavy atom. The van der Waals surface area contributed by atoms with Gasteiger partial charge in [-0.15, -0.1) is 0 Å². The SMILES string of the molecule is Fc1ccc(-c2nc(C(F)(F)F)nc3cccc(Oc4ncc(Cl)cn4)c23)cc1. The Labute approximate surface area is 166 Å². The van der Waals surface area contributed by atoms with E-state index in [1.807, 2.05) is 0 Å². The summed E-state index contributed by atoms with van der Waals surface area (Å²) in [6.45, 7) is 0. The predicted molar refractivity (Wildman–Crippen MR) is 97.1 cm³/mol. The lowest BCUT2D eigenvalue weighted by atomic mass is 10.1. The van der Waals surface area contributed by atoms with Crippen LogP contribution in [0.15, 0.2) is 54.9 Å². The summed E-state index contributed by atoms with van der Waals surface area (Å²) in [5, 5.41) is 0.492. The van der Waals surface area contributed by atoms with E-state index < -0.39 is 17.8 Å². The van der Waals surface area contributed by atoms with E-state index in [0.29, 0.717) is 5.02 Å². The van der Waals surface area contributed by atoms with E-state index >= 15 is 0 Å². The standard InChI is InChI=1S/C19H9ClF4N4O/c20-11-8-25-18(26-9-11)29-14-3-1-2-13-15(14)16(10-4-6-12(21)7-5-10)28-17(27-13)19(22,23)24/h1-9H. The minimum Gasteiger partial charge on any atom is -0.423 e. The van der Waals surface area contributed by atoms with Gasteiger partial charge in [0.05, 0.1) is 34.0 Å². The number of halogens is 5. The van der Waals surface area contributed by atoms with Crippen molar-refractivity contribution < 1.29 is 22.3 Å². The monoisotopic (exact) mass is 420 g/mol. The second-order valence-corrected chi connectivity index (χ2v) is 6.27. The number of hydrogen-bond acceptors (Lipinski definition) is 5. The fraction of sp³-hybridized carbons (Fsp3) is 0.0526. The van der Waals surface area contributed by atoms with Crippen LogP contribution in [0.25, 0.3) is 22.2 Å². The summed E-state index contributed by atoms with van der Waals surface area (Å²) in [5.74, 6) is -1.71. The topological polar surface area (TPSA) is 60.8 Å². The van der Waals surface area contributed by atoms with Crippen LogP contribution in [0.3, 0.4) is 0 Å². The molecule has 2 aromatic heterocycles. The van der Waals surface area contributed by atoms with E-state index in [-0.39, 0.29) is 33.9 Å². The number of nitrogens with zero attached hydrogens (tertiary/aromatic N) is 4. The smallest absolute Gasteiger partial charge is 0.423 e. The van der Waals surface area contributed by atoms with E-state index in [1.165, 1.54) is 42.7 Å². The highest BCUT2D eigenvalue weighted by molar-refractivity contribution is 6.30. The first kappa shape index (κ1) is 19.0. The Morgan fingerprint density at radius 1 is 0.897 bits per heavy atom. The first-order valence-electron chi connectivity index (χ1n) is 8.10. The van der Waals surface area contributed by atoms with Gasteiger partial charge in [-0.2, -0.15) is 13.2 Å². The number of rotatable bonds is 3. The normalized spacial score (nSPS) is 11.6. The molecule has 0 amide bonds. The summed E-state index contributed by atoms with van der Waals surface area (Å²) in [6.07, 6.45) is -2.14. The van der Waals surface area contributed by atoms with Crippen molar-refractivity contribution in [1.82, 2.24) is 19.9 Å². The maximum absolute atomic E-state index is 13.3. The van der Waals surface area contributed by atoms with Gasteiger partial charge in [-0.05, 0) is 36.4 Å². The first-order chi connectivity index (χ1) is 13.8. The Kier molecular flexibility index (Phi) is 4.75. The zero-order valence-corrected chi connectivity index (χ0v) is 15.0. The van der Waals surface area contributed by atoms with Crippen molar-refractivity contribution in [2.24, 2.45) is 0 Å². The molecule has 4 rings (SSSR count). The fourth-order valence-electron chi connectivity index (χ4n) is 2.63. The highest BCUT2D eigenvalue weighted by Crippen LogP contribution is 2.37. The van der Waals surface area contributed by atoms with E-state index in [9.17, 15) is 17.6 Å². The molecule has 0 fully saturated rings. The van der Waals surface area contributed by atoms with Crippen LogP contribution in [0, 0.1) is 5.82 Å². The molecule has 29 heavy (non-hydrogen) atoms.